The molecule has 5 fully saturated rings. The molecule has 6 aliphatic rings. The number of aliphatic hydroxyl groups excluding tert-OH is 2. The molecule has 0 radical (unpaired) electrons. The first-order valence-electron chi connectivity index (χ1n) is 14.0. The summed E-state index contributed by atoms with van der Waals surface area (Å²) in [5.41, 5.74) is -1.40. The first kappa shape index (κ1) is 23.5. The van der Waals surface area contributed by atoms with Gasteiger partial charge in [-0.1, -0.05) is 54.5 Å². The molecule has 4 saturated carbocycles. The van der Waals surface area contributed by atoms with Crippen LogP contribution in [0.3, 0.4) is 0 Å². The number of esters is 1. The highest BCUT2D eigenvalue weighted by molar-refractivity contribution is 5.82. The Hall–Kier alpha value is -0.870. The second-order valence-electron chi connectivity index (χ2n) is 14.9. The van der Waals surface area contributed by atoms with E-state index in [1.54, 1.807) is 0 Å². The maximum Gasteiger partial charge on any atom is 0.313 e. The summed E-state index contributed by atoms with van der Waals surface area (Å²) < 4.78 is 6.68. The molecule has 4 nitrogen and oxygen atoms in total. The molecule has 12 atom stereocenters. The van der Waals surface area contributed by atoms with E-state index in [0.717, 1.165) is 38.5 Å². The maximum absolute atomic E-state index is 13.7. The molecule has 1 saturated heterocycles. The quantitative estimate of drug-likeness (QED) is 0.362. The monoisotopic (exact) mass is 470 g/mol. The third kappa shape index (κ3) is 2.25. The molecule has 6 rings (SSSR count). The largest absolute Gasteiger partial charge is 0.453 e. The Morgan fingerprint density at radius 1 is 0.971 bits per heavy atom. The van der Waals surface area contributed by atoms with Crippen LogP contribution < -0.4 is 0 Å². The van der Waals surface area contributed by atoms with Gasteiger partial charge >= 0.3 is 5.97 Å². The van der Waals surface area contributed by atoms with Gasteiger partial charge in [-0.15, -0.1) is 0 Å². The van der Waals surface area contributed by atoms with Crippen molar-refractivity contribution < 1.29 is 19.7 Å². The molecule has 4 heteroatoms. The maximum atomic E-state index is 13.7. The Kier molecular flexibility index (Phi) is 4.51. The Morgan fingerprint density at radius 2 is 1.68 bits per heavy atom. The van der Waals surface area contributed by atoms with Crippen LogP contribution in [0.2, 0.25) is 0 Å². The Morgan fingerprint density at radius 3 is 2.38 bits per heavy atom. The molecule has 0 amide bonds. The summed E-state index contributed by atoms with van der Waals surface area (Å²) in [5, 5.41) is 21.9. The number of ether oxygens (including phenoxy) is 1. The SMILES string of the molecule is C[C@H]1[C@H](C)CC[C@@]23CC[C@@]4(C)[C@@]5(C)CC[C@@H]6C(C)(C)[C@H](O)[C@H](O)C[C@@]6(C)[C@H]5C=C[C@]4(OC2=O)[C@@H]13. The third-order valence-electron chi connectivity index (χ3n) is 13.7. The van der Waals surface area contributed by atoms with E-state index >= 15 is 0 Å². The van der Waals surface area contributed by atoms with Gasteiger partial charge in [0.1, 0.15) is 5.60 Å². The Labute approximate surface area is 205 Å². The zero-order valence-electron chi connectivity index (χ0n) is 22.4. The van der Waals surface area contributed by atoms with Gasteiger partial charge in [0.05, 0.1) is 17.6 Å². The highest BCUT2D eigenvalue weighted by atomic mass is 16.6. The third-order valence-corrected chi connectivity index (χ3v) is 13.7. The van der Waals surface area contributed by atoms with Gasteiger partial charge in [0.2, 0.25) is 0 Å². The molecule has 1 spiro atoms. The predicted molar refractivity (Wildman–Crippen MR) is 132 cm³/mol. The molecule has 1 aliphatic heterocycles. The lowest BCUT2D eigenvalue weighted by Crippen LogP contribution is -2.71. The van der Waals surface area contributed by atoms with Crippen LogP contribution in [0, 0.1) is 56.7 Å². The van der Waals surface area contributed by atoms with Gasteiger partial charge in [0.15, 0.2) is 0 Å². The number of rotatable bonds is 0. The molecule has 34 heavy (non-hydrogen) atoms. The first-order valence-corrected chi connectivity index (χ1v) is 14.0. The van der Waals surface area contributed by atoms with Crippen LogP contribution in [0.4, 0.5) is 0 Å². The van der Waals surface area contributed by atoms with Crippen LogP contribution >= 0.6 is 0 Å². The fraction of sp³-hybridized carbons (Fsp3) is 0.900. The zero-order valence-corrected chi connectivity index (χ0v) is 22.4. The van der Waals surface area contributed by atoms with E-state index in [9.17, 15) is 15.0 Å². The van der Waals surface area contributed by atoms with Gasteiger partial charge in [0, 0.05) is 11.3 Å². The van der Waals surface area contributed by atoms with Gasteiger partial charge in [-0.05, 0) is 90.9 Å². The standard InChI is InChI=1S/C30H46O4/c1-17-8-12-29-15-14-28(7)27(6)11-9-20-25(3,4)23(32)19(31)16-26(20,5)21(27)10-13-30(28,34-24(29)33)22(29)18(17)2/h10,13,17-23,31-32H,8-9,11-12,14-16H2,1-7H3/t17-,18+,19-,20-,21-,22+,23-,26-,27+,28+,29+,30+/m1/s1. The van der Waals surface area contributed by atoms with Crippen molar-refractivity contribution in [3.8, 4) is 0 Å². The molecule has 2 bridgehead atoms. The normalized spacial score (nSPS) is 61.6. The molecule has 0 aromatic rings. The number of allylic oxidation sites excluding steroid dienone is 1. The number of hydrogen-bond donors (Lipinski definition) is 2. The smallest absolute Gasteiger partial charge is 0.313 e. The summed E-state index contributed by atoms with van der Waals surface area (Å²) in [4.78, 5) is 13.7. The first-order chi connectivity index (χ1) is 15.7. The van der Waals surface area contributed by atoms with E-state index in [1.165, 1.54) is 0 Å². The van der Waals surface area contributed by atoms with E-state index < -0.39 is 17.8 Å². The minimum absolute atomic E-state index is 0.0255. The van der Waals surface area contributed by atoms with Crippen LogP contribution in [0.5, 0.6) is 0 Å². The molecule has 5 aliphatic carbocycles. The molecular formula is C30H46O4. The molecule has 0 unspecified atom stereocenters. The predicted octanol–water partition coefficient (Wildman–Crippen LogP) is 5.51. The number of aliphatic hydroxyl groups is 2. The molecule has 2 N–H and O–H groups in total. The topological polar surface area (TPSA) is 66.8 Å². The van der Waals surface area contributed by atoms with Crippen molar-refractivity contribution in [2.24, 2.45) is 56.7 Å². The number of hydrogen-bond acceptors (Lipinski definition) is 4. The second kappa shape index (κ2) is 6.52. The van der Waals surface area contributed by atoms with Gasteiger partial charge in [-0.3, -0.25) is 4.79 Å². The molecule has 0 aromatic carbocycles. The van der Waals surface area contributed by atoms with Crippen LogP contribution in [0.25, 0.3) is 0 Å². The lowest BCUT2D eigenvalue weighted by atomic mass is 9.32. The lowest BCUT2D eigenvalue weighted by Gasteiger charge is -2.72. The lowest BCUT2D eigenvalue weighted by molar-refractivity contribution is -0.257. The number of carbonyl (C=O) groups excluding carboxylic acids is 1. The van der Waals surface area contributed by atoms with E-state index in [1.807, 2.05) is 0 Å². The van der Waals surface area contributed by atoms with E-state index in [2.05, 4.69) is 60.6 Å². The molecule has 0 aromatic heterocycles. The van der Waals surface area contributed by atoms with Crippen LogP contribution in [0.1, 0.15) is 93.4 Å². The van der Waals surface area contributed by atoms with Crippen LogP contribution in [-0.4, -0.2) is 34.0 Å². The number of carbonyl (C=O) groups is 1. The summed E-state index contributed by atoms with van der Waals surface area (Å²) >= 11 is 0. The summed E-state index contributed by atoms with van der Waals surface area (Å²) in [6.45, 7) is 16.3. The van der Waals surface area contributed by atoms with Crippen molar-refractivity contribution in [3.63, 3.8) is 0 Å². The fourth-order valence-electron chi connectivity index (χ4n) is 11.6. The van der Waals surface area contributed by atoms with Crippen molar-refractivity contribution in [3.05, 3.63) is 12.2 Å². The van der Waals surface area contributed by atoms with Crippen molar-refractivity contribution in [2.75, 3.05) is 0 Å². The average molecular weight is 471 g/mol. The van der Waals surface area contributed by atoms with E-state index in [0.29, 0.717) is 30.1 Å². The summed E-state index contributed by atoms with van der Waals surface area (Å²) in [6.07, 6.45) is 10.3. The van der Waals surface area contributed by atoms with Gasteiger partial charge in [-0.2, -0.15) is 0 Å². The van der Waals surface area contributed by atoms with Gasteiger partial charge in [-0.25, -0.2) is 0 Å². The van der Waals surface area contributed by atoms with Crippen molar-refractivity contribution in [1.82, 2.24) is 0 Å². The second-order valence-corrected chi connectivity index (χ2v) is 14.9. The van der Waals surface area contributed by atoms with Gasteiger partial charge in [0.25, 0.3) is 0 Å². The van der Waals surface area contributed by atoms with E-state index in [-0.39, 0.29) is 39.0 Å². The summed E-state index contributed by atoms with van der Waals surface area (Å²) in [7, 11) is 0. The summed E-state index contributed by atoms with van der Waals surface area (Å²) in [5.74, 6) is 2.03. The number of fused-ring (bicyclic) bond motifs is 4. The molecular weight excluding hydrogens is 424 g/mol. The summed E-state index contributed by atoms with van der Waals surface area (Å²) in [6, 6.07) is 0. The highest BCUT2D eigenvalue weighted by Crippen LogP contribution is 2.79. The van der Waals surface area contributed by atoms with Crippen LogP contribution in [-0.2, 0) is 9.53 Å². The highest BCUT2D eigenvalue weighted by Gasteiger charge is 2.80. The fourth-order valence-corrected chi connectivity index (χ4v) is 11.6. The minimum Gasteiger partial charge on any atom is -0.453 e. The Balaban J connectivity index is 1.52. The average Bonchev–Trinajstić information content (AvgIpc) is 2.96. The Bertz CT molecular complexity index is 955. The van der Waals surface area contributed by atoms with Gasteiger partial charge < -0.3 is 14.9 Å². The van der Waals surface area contributed by atoms with Crippen molar-refractivity contribution in [2.45, 2.75) is 111 Å². The van der Waals surface area contributed by atoms with Crippen LogP contribution in [0.15, 0.2) is 12.2 Å². The minimum atomic E-state index is -0.696. The van der Waals surface area contributed by atoms with E-state index in [4.69, 9.17) is 4.74 Å². The van der Waals surface area contributed by atoms with Crippen molar-refractivity contribution >= 4 is 5.97 Å². The molecule has 190 valence electrons. The zero-order chi connectivity index (χ0) is 24.7. The van der Waals surface area contributed by atoms with Crippen molar-refractivity contribution in [1.29, 1.82) is 0 Å². The molecule has 1 heterocycles.